The van der Waals surface area contributed by atoms with Gasteiger partial charge in [-0.1, -0.05) is 13.7 Å². The lowest BCUT2D eigenvalue weighted by Crippen LogP contribution is -2.23. The van der Waals surface area contributed by atoms with Gasteiger partial charge in [-0.2, -0.15) is 0 Å². The second-order valence-corrected chi connectivity index (χ2v) is 5.03. The van der Waals surface area contributed by atoms with Gasteiger partial charge in [0.15, 0.2) is 6.29 Å². The molecule has 2 unspecified atom stereocenters. The molecule has 0 aliphatic carbocycles. The topological polar surface area (TPSA) is 47.9 Å². The normalized spacial score (nSPS) is 34.4. The van der Waals surface area contributed by atoms with Gasteiger partial charge >= 0.3 is 0 Å². The highest BCUT2D eigenvalue weighted by Crippen LogP contribution is 2.35. The van der Waals surface area contributed by atoms with Crippen LogP contribution in [0.1, 0.15) is 13.3 Å². The van der Waals surface area contributed by atoms with Crippen LogP contribution in [0.3, 0.4) is 0 Å². The minimum atomic E-state index is -1.34. The average molecular weight is 266 g/mol. The van der Waals surface area contributed by atoms with E-state index in [4.69, 9.17) is 21.4 Å². The zero-order valence-electron chi connectivity index (χ0n) is 11.3. The van der Waals surface area contributed by atoms with Gasteiger partial charge in [-0.05, 0) is 13.8 Å². The minimum Gasteiger partial charge on any atom is -0.392 e. The van der Waals surface area contributed by atoms with Crippen molar-refractivity contribution in [2.75, 3.05) is 13.7 Å². The summed E-state index contributed by atoms with van der Waals surface area (Å²) in [6, 6.07) is 0. The van der Waals surface area contributed by atoms with Crippen LogP contribution in [-0.4, -0.2) is 47.5 Å². The van der Waals surface area contributed by atoms with E-state index in [2.05, 4.69) is 0 Å². The smallest absolute Gasteiger partial charge is 0.160 e. The summed E-state index contributed by atoms with van der Waals surface area (Å²) in [5.41, 5.74) is 0.881. The maximum absolute atomic E-state index is 8.90. The van der Waals surface area contributed by atoms with Crippen molar-refractivity contribution in [3.8, 4) is 0 Å². The Hall–Kier alpha value is 0.425. The zero-order chi connectivity index (χ0) is 13.5. The summed E-state index contributed by atoms with van der Waals surface area (Å²) in [7, 11) is 1.29. The summed E-state index contributed by atoms with van der Waals surface area (Å²) >= 11 is 0.989. The Kier molecular flexibility index (Phi) is 5.54. The van der Waals surface area contributed by atoms with E-state index >= 15 is 0 Å². The van der Waals surface area contributed by atoms with E-state index in [1.165, 1.54) is 0 Å². The van der Waals surface area contributed by atoms with Crippen LogP contribution < -0.4 is 0 Å². The van der Waals surface area contributed by atoms with Crippen LogP contribution in [0, 0.1) is 0 Å². The Labute approximate surface area is 106 Å². The molecule has 1 rings (SSSR count). The minimum absolute atomic E-state index is 0.0468. The van der Waals surface area contributed by atoms with Crippen molar-refractivity contribution in [2.45, 2.75) is 31.8 Å². The molecule has 0 aromatic heterocycles. The molecule has 1 fully saturated rings. The first-order valence-corrected chi connectivity index (χ1v) is 7.22. The van der Waals surface area contributed by atoms with E-state index in [1.807, 2.05) is 6.92 Å². The molecule has 0 amide bonds. The molecule has 0 spiro atoms. The standard InChI is InChI=1S/C9H17BO4PS/c1-6(3-4-11)9-7(14-16-15-10)5-8(12-2)13-9/h3,7-11,15H,4-5H2,1-2H3/t7-,8?,9+,15?/m0/s1/i10T,15D. The molecule has 0 bridgehead atoms. The van der Waals surface area contributed by atoms with Crippen molar-refractivity contribution < 1.29 is 18.8 Å². The molecule has 91 valence electrons. The third kappa shape index (κ3) is 4.02. The second-order valence-electron chi connectivity index (χ2n) is 3.40. The largest absolute Gasteiger partial charge is 0.392 e. The van der Waals surface area contributed by atoms with Crippen molar-refractivity contribution in [3.05, 3.63) is 11.6 Å². The molecule has 7 heteroatoms. The van der Waals surface area contributed by atoms with Crippen LogP contribution in [-0.2, 0) is 13.7 Å². The van der Waals surface area contributed by atoms with Gasteiger partial charge in [0.1, 0.15) is 19.7 Å². The number of hydrogen-bond acceptors (Lipinski definition) is 5. The quantitative estimate of drug-likeness (QED) is 0.324. The van der Waals surface area contributed by atoms with Gasteiger partial charge in [-0.15, -0.1) is 0 Å². The number of rotatable bonds is 7. The molecule has 1 aliphatic rings. The summed E-state index contributed by atoms with van der Waals surface area (Å²) in [5, 5.41) is 8.90. The molecule has 1 aliphatic heterocycles. The molecule has 0 aromatic rings. The van der Waals surface area contributed by atoms with Crippen LogP contribution in [0.2, 0.25) is 0 Å². The molecule has 4 nitrogen and oxygen atoms in total. The first-order valence-electron chi connectivity index (χ1n) is 5.93. The Balaban J connectivity index is 2.58. The molecule has 16 heavy (non-hydrogen) atoms. The maximum atomic E-state index is 8.90. The molecule has 1 N–H and O–H groups in total. The highest BCUT2D eigenvalue weighted by Gasteiger charge is 2.37. The van der Waals surface area contributed by atoms with Gasteiger partial charge < -0.3 is 18.8 Å². The van der Waals surface area contributed by atoms with Crippen molar-refractivity contribution in [1.82, 2.24) is 0 Å². The van der Waals surface area contributed by atoms with Crippen molar-refractivity contribution in [2.24, 2.45) is 0 Å². The van der Waals surface area contributed by atoms with Crippen molar-refractivity contribution in [1.29, 1.82) is 2.61 Å². The Morgan fingerprint density at radius 3 is 3.44 bits per heavy atom. The Morgan fingerprint density at radius 2 is 2.81 bits per heavy atom. The fraction of sp³-hybridized carbons (Fsp3) is 0.778. The molecule has 1 radical (unpaired) electrons. The molecule has 0 saturated carbocycles. The number of aliphatic hydroxyl groups is 1. The van der Waals surface area contributed by atoms with E-state index in [0.29, 0.717) is 6.42 Å². The Bertz CT molecular complexity index is 287. The second kappa shape index (κ2) is 7.69. The molecule has 4 atom stereocenters. The monoisotopic (exact) mass is 266 g/mol. The van der Waals surface area contributed by atoms with E-state index < -0.39 is 7.61 Å². The van der Waals surface area contributed by atoms with Crippen molar-refractivity contribution in [3.63, 3.8) is 0 Å². The summed E-state index contributed by atoms with van der Waals surface area (Å²) in [6.45, 7) is 1.81. The number of aliphatic hydroxyl groups excluding tert-OH is 1. The lowest BCUT2D eigenvalue weighted by molar-refractivity contribution is -0.107. The van der Waals surface area contributed by atoms with Crippen LogP contribution in [0.4, 0.5) is 0 Å². The molecular weight excluding hydrogens is 246 g/mol. The van der Waals surface area contributed by atoms with Gasteiger partial charge in [0.2, 0.25) is 0 Å². The molecular formula is C9H17BO4PS. The van der Waals surface area contributed by atoms with Crippen LogP contribution in [0.15, 0.2) is 11.6 Å². The first-order chi connectivity index (χ1) is 8.62. The third-order valence-electron chi connectivity index (χ3n) is 2.40. The first kappa shape index (κ1) is 11.5. The summed E-state index contributed by atoms with van der Waals surface area (Å²) in [4.78, 5) is 0. The number of methoxy groups -OCH3 is 1. The highest BCUT2D eigenvalue weighted by atomic mass is 32.7. The SMILES string of the molecule is [2H]P([B][3H])SO[C@H]1CC(OC)O[C@@H]1C(C)=CCO. The van der Waals surface area contributed by atoms with E-state index in [9.17, 15) is 0 Å². The van der Waals surface area contributed by atoms with Gasteiger partial charge in [0.05, 0.1) is 7.89 Å². The molecule has 1 saturated heterocycles. The summed E-state index contributed by atoms with van der Waals surface area (Å²) in [5.74, 6) is 0. The average Bonchev–Trinajstić information content (AvgIpc) is 2.79. The zero-order valence-corrected chi connectivity index (χ0v) is 11.0. The van der Waals surface area contributed by atoms with Crippen LogP contribution in [0.5, 0.6) is 0 Å². The summed E-state index contributed by atoms with van der Waals surface area (Å²) in [6.07, 6.45) is 1.41. The fourth-order valence-electron chi connectivity index (χ4n) is 1.60. The Morgan fingerprint density at radius 1 is 2.00 bits per heavy atom. The van der Waals surface area contributed by atoms with E-state index in [-0.39, 0.29) is 25.1 Å². The van der Waals surface area contributed by atoms with E-state index in [1.54, 1.807) is 13.2 Å². The van der Waals surface area contributed by atoms with Gasteiger partial charge in [0.25, 0.3) is 0 Å². The van der Waals surface area contributed by atoms with Crippen LogP contribution in [0.25, 0.3) is 0 Å². The van der Waals surface area contributed by atoms with Crippen LogP contribution >= 0.6 is 19.3 Å². The lowest BCUT2D eigenvalue weighted by atomic mass is 10.1. The predicted octanol–water partition coefficient (Wildman–Crippen LogP) is 1.13. The number of ether oxygens (including phenoxy) is 2. The fourth-order valence-corrected chi connectivity index (χ4v) is 2.42. The van der Waals surface area contributed by atoms with Gasteiger partial charge in [0, 0.05) is 25.2 Å². The molecule has 1 heterocycles. The van der Waals surface area contributed by atoms with E-state index in [0.717, 1.165) is 24.8 Å². The highest BCUT2D eigenvalue weighted by molar-refractivity contribution is 8.53. The lowest BCUT2D eigenvalue weighted by Gasteiger charge is -2.18. The maximum Gasteiger partial charge on any atom is 0.160 e. The number of hydrogen-bond donors (Lipinski definition) is 1. The molecule has 0 aromatic carbocycles. The third-order valence-corrected chi connectivity index (χ3v) is 3.33. The van der Waals surface area contributed by atoms with Gasteiger partial charge in [-0.25, -0.2) is 0 Å². The van der Waals surface area contributed by atoms with Crippen molar-refractivity contribution >= 4 is 26.8 Å². The summed E-state index contributed by atoms with van der Waals surface area (Å²) < 4.78 is 30.8. The predicted molar refractivity (Wildman–Crippen MR) is 69.1 cm³/mol. The van der Waals surface area contributed by atoms with Gasteiger partial charge in [-0.3, -0.25) is 0 Å².